The number of hydrogen-bond donors (Lipinski definition) is 1. The largest absolute Gasteiger partial charge is 0.333 e. The topological polar surface area (TPSA) is 39.3 Å². The van der Waals surface area contributed by atoms with Gasteiger partial charge >= 0.3 is 0 Å². The average molecular weight is 326 g/mol. The second-order valence-corrected chi connectivity index (χ2v) is 7.09. The highest BCUT2D eigenvalue weighted by atomic mass is 16.1. The molecule has 4 heteroatoms. The minimum Gasteiger partial charge on any atom is -0.333 e. The molecule has 3 rings (SSSR count). The van der Waals surface area contributed by atoms with Gasteiger partial charge in [-0.2, -0.15) is 5.10 Å². The van der Waals surface area contributed by atoms with E-state index in [1.165, 1.54) is 49.0 Å². The molecule has 0 aliphatic carbocycles. The Morgan fingerprint density at radius 3 is 2.46 bits per heavy atom. The standard InChI is InChI=1S/C20H27N3O/c1-15-13-17(3)18(14-16(15)2)19-7-8-20(24)23(21-19)12-11-22-9-5-4-6-10-22/h7-8,13-14H,4-6,9-12H2,1-3H3/p+1. The number of piperidine rings is 1. The van der Waals surface area contributed by atoms with Crippen molar-refractivity contribution in [3.05, 3.63) is 51.3 Å². The highest BCUT2D eigenvalue weighted by Gasteiger charge is 2.14. The van der Waals surface area contributed by atoms with Gasteiger partial charge in [-0.05, 0) is 68.9 Å². The normalized spacial score (nSPS) is 15.6. The summed E-state index contributed by atoms with van der Waals surface area (Å²) in [6.45, 7) is 10.5. The highest BCUT2D eigenvalue weighted by Crippen LogP contribution is 2.24. The number of likely N-dealkylation sites (tertiary alicyclic amines) is 1. The van der Waals surface area contributed by atoms with Crippen LogP contribution in [0.25, 0.3) is 11.3 Å². The Hall–Kier alpha value is -1.94. The predicted molar refractivity (Wildman–Crippen MR) is 97.6 cm³/mol. The maximum atomic E-state index is 12.2. The van der Waals surface area contributed by atoms with Gasteiger partial charge in [-0.25, -0.2) is 4.68 Å². The summed E-state index contributed by atoms with van der Waals surface area (Å²) in [7, 11) is 0. The van der Waals surface area contributed by atoms with Crippen LogP contribution in [-0.4, -0.2) is 29.4 Å². The van der Waals surface area contributed by atoms with Crippen LogP contribution in [0.1, 0.15) is 36.0 Å². The second kappa shape index (κ2) is 7.31. The molecular weight excluding hydrogens is 298 g/mol. The van der Waals surface area contributed by atoms with E-state index >= 15 is 0 Å². The molecule has 1 saturated heterocycles. The highest BCUT2D eigenvalue weighted by molar-refractivity contribution is 5.64. The lowest BCUT2D eigenvalue weighted by Gasteiger charge is -2.23. The average Bonchev–Trinajstić information content (AvgIpc) is 2.58. The van der Waals surface area contributed by atoms with Gasteiger partial charge in [-0.15, -0.1) is 0 Å². The summed E-state index contributed by atoms with van der Waals surface area (Å²) < 4.78 is 1.64. The maximum Gasteiger partial charge on any atom is 0.266 e. The van der Waals surface area contributed by atoms with Crippen LogP contribution in [0.2, 0.25) is 0 Å². The maximum absolute atomic E-state index is 12.2. The molecular formula is C20H28N3O+. The van der Waals surface area contributed by atoms with Crippen LogP contribution in [0.5, 0.6) is 0 Å². The molecule has 0 saturated carbocycles. The molecule has 0 unspecified atom stereocenters. The zero-order chi connectivity index (χ0) is 17.1. The Morgan fingerprint density at radius 1 is 1.00 bits per heavy atom. The molecule has 0 radical (unpaired) electrons. The number of hydrogen-bond acceptors (Lipinski definition) is 2. The van der Waals surface area contributed by atoms with Gasteiger partial charge in [-0.1, -0.05) is 6.07 Å². The molecule has 1 fully saturated rings. The van der Waals surface area contributed by atoms with Gasteiger partial charge < -0.3 is 4.90 Å². The van der Waals surface area contributed by atoms with Gasteiger partial charge in [0.15, 0.2) is 0 Å². The second-order valence-electron chi connectivity index (χ2n) is 7.09. The monoisotopic (exact) mass is 326 g/mol. The Bertz CT molecular complexity index is 773. The zero-order valence-corrected chi connectivity index (χ0v) is 15.1. The Morgan fingerprint density at radius 2 is 1.71 bits per heavy atom. The first-order valence-electron chi connectivity index (χ1n) is 9.04. The van der Waals surface area contributed by atoms with Gasteiger partial charge in [0.05, 0.1) is 31.9 Å². The summed E-state index contributed by atoms with van der Waals surface area (Å²) in [4.78, 5) is 13.8. The van der Waals surface area contributed by atoms with E-state index in [-0.39, 0.29) is 5.56 Å². The third-order valence-electron chi connectivity index (χ3n) is 5.22. The van der Waals surface area contributed by atoms with E-state index in [2.05, 4.69) is 38.0 Å². The molecule has 24 heavy (non-hydrogen) atoms. The number of aromatic nitrogens is 2. The number of benzene rings is 1. The summed E-state index contributed by atoms with van der Waals surface area (Å²) >= 11 is 0. The molecule has 0 atom stereocenters. The molecule has 1 aromatic carbocycles. The van der Waals surface area contributed by atoms with E-state index < -0.39 is 0 Å². The van der Waals surface area contributed by atoms with Crippen LogP contribution in [-0.2, 0) is 6.54 Å². The van der Waals surface area contributed by atoms with Crippen molar-refractivity contribution < 1.29 is 4.90 Å². The molecule has 1 aliphatic rings. The lowest BCUT2D eigenvalue weighted by Crippen LogP contribution is -3.13. The molecule has 4 nitrogen and oxygen atoms in total. The van der Waals surface area contributed by atoms with Crippen LogP contribution >= 0.6 is 0 Å². The number of nitrogens with one attached hydrogen (secondary N) is 1. The fourth-order valence-electron chi connectivity index (χ4n) is 3.56. The van der Waals surface area contributed by atoms with Crippen LogP contribution in [0.4, 0.5) is 0 Å². The smallest absolute Gasteiger partial charge is 0.266 e. The van der Waals surface area contributed by atoms with Crippen molar-refractivity contribution in [3.63, 3.8) is 0 Å². The third kappa shape index (κ3) is 3.75. The predicted octanol–water partition coefficient (Wildman–Crippen LogP) is 1.90. The van der Waals surface area contributed by atoms with E-state index in [1.807, 2.05) is 6.07 Å². The molecule has 0 bridgehead atoms. The van der Waals surface area contributed by atoms with Crippen molar-refractivity contribution in [2.24, 2.45) is 0 Å². The number of rotatable bonds is 4. The fourth-order valence-corrected chi connectivity index (χ4v) is 3.56. The molecule has 1 N–H and O–H groups in total. The van der Waals surface area contributed by atoms with Crippen molar-refractivity contribution >= 4 is 0 Å². The first-order valence-corrected chi connectivity index (χ1v) is 9.04. The van der Waals surface area contributed by atoms with Crippen LogP contribution in [0.15, 0.2) is 29.1 Å². The first-order chi connectivity index (χ1) is 11.5. The van der Waals surface area contributed by atoms with E-state index in [9.17, 15) is 4.79 Å². The minimum atomic E-state index is -0.00311. The van der Waals surface area contributed by atoms with Crippen molar-refractivity contribution in [1.82, 2.24) is 9.78 Å². The van der Waals surface area contributed by atoms with Crippen molar-refractivity contribution in [2.75, 3.05) is 19.6 Å². The fraction of sp³-hybridized carbons (Fsp3) is 0.500. The number of quaternary nitrogens is 1. The Labute approximate surface area is 144 Å². The number of nitrogens with zero attached hydrogens (tertiary/aromatic N) is 2. The summed E-state index contributed by atoms with van der Waals surface area (Å²) in [5.41, 5.74) is 5.77. The minimum absolute atomic E-state index is 0.00311. The van der Waals surface area contributed by atoms with Crippen LogP contribution in [0, 0.1) is 20.8 Å². The molecule has 0 spiro atoms. The molecule has 0 amide bonds. The lowest BCUT2D eigenvalue weighted by molar-refractivity contribution is -0.905. The number of aryl methyl sites for hydroxylation is 3. The summed E-state index contributed by atoms with van der Waals surface area (Å²) in [6.07, 6.45) is 3.96. The molecule has 128 valence electrons. The van der Waals surface area contributed by atoms with Gasteiger partial charge in [0.2, 0.25) is 0 Å². The van der Waals surface area contributed by atoms with E-state index in [0.29, 0.717) is 6.54 Å². The van der Waals surface area contributed by atoms with Gasteiger partial charge in [0, 0.05) is 11.6 Å². The summed E-state index contributed by atoms with van der Waals surface area (Å²) in [5.74, 6) is 0. The SMILES string of the molecule is Cc1cc(C)c(-c2ccc(=O)n(CC[NH+]3CCCCC3)n2)cc1C. The third-order valence-corrected chi connectivity index (χ3v) is 5.22. The lowest BCUT2D eigenvalue weighted by atomic mass is 9.99. The Kier molecular flexibility index (Phi) is 5.14. The van der Waals surface area contributed by atoms with Gasteiger partial charge in [0.1, 0.15) is 0 Å². The molecule has 1 aliphatic heterocycles. The molecule has 2 aromatic rings. The zero-order valence-electron chi connectivity index (χ0n) is 15.1. The quantitative estimate of drug-likeness (QED) is 0.932. The van der Waals surface area contributed by atoms with Crippen molar-refractivity contribution in [2.45, 2.75) is 46.6 Å². The molecule has 2 heterocycles. The summed E-state index contributed by atoms with van der Waals surface area (Å²) in [5, 5.41) is 4.65. The first kappa shape index (κ1) is 16.9. The van der Waals surface area contributed by atoms with E-state index in [1.54, 1.807) is 15.6 Å². The van der Waals surface area contributed by atoms with E-state index in [4.69, 9.17) is 0 Å². The Balaban J connectivity index is 1.83. The summed E-state index contributed by atoms with van der Waals surface area (Å²) in [6, 6.07) is 7.88. The van der Waals surface area contributed by atoms with Crippen LogP contribution in [0.3, 0.4) is 0 Å². The van der Waals surface area contributed by atoms with Crippen molar-refractivity contribution in [1.29, 1.82) is 0 Å². The van der Waals surface area contributed by atoms with Crippen LogP contribution < -0.4 is 10.5 Å². The molecule has 1 aromatic heterocycles. The van der Waals surface area contributed by atoms with Crippen molar-refractivity contribution in [3.8, 4) is 11.3 Å². The van der Waals surface area contributed by atoms with E-state index in [0.717, 1.165) is 17.8 Å². The van der Waals surface area contributed by atoms with Gasteiger partial charge in [-0.3, -0.25) is 4.79 Å². The van der Waals surface area contributed by atoms with Gasteiger partial charge in [0.25, 0.3) is 5.56 Å².